The van der Waals surface area contributed by atoms with Crippen molar-refractivity contribution in [2.45, 2.75) is 19.8 Å². The number of nitrogens with one attached hydrogen (secondary N) is 2. The van der Waals surface area contributed by atoms with Gasteiger partial charge >= 0.3 is 0 Å². The molecular weight excluding hydrogens is 358 g/mol. The summed E-state index contributed by atoms with van der Waals surface area (Å²) in [7, 11) is 0. The molecule has 7 nitrogen and oxygen atoms in total. The Kier molecular flexibility index (Phi) is 5.84. The fourth-order valence-electron chi connectivity index (χ4n) is 3.01. The van der Waals surface area contributed by atoms with E-state index in [1.54, 1.807) is 36.4 Å². The lowest BCUT2D eigenvalue weighted by Crippen LogP contribution is -2.31. The van der Waals surface area contributed by atoms with Gasteiger partial charge in [0.05, 0.1) is 11.1 Å². The highest BCUT2D eigenvalue weighted by molar-refractivity contribution is 6.21. The molecule has 0 aromatic heterocycles. The van der Waals surface area contributed by atoms with E-state index in [2.05, 4.69) is 10.6 Å². The normalized spacial score (nSPS) is 12.7. The third-order valence-electron chi connectivity index (χ3n) is 4.47. The second-order valence-electron chi connectivity index (χ2n) is 6.54. The Morgan fingerprint density at radius 2 is 1.54 bits per heavy atom. The standard InChI is InChI=1S/C21H21N3O4/c1-14(25)22-12-10-19(26)23-16-8-6-15(7-9-16)11-13-24-20(27)17-4-2-3-5-18(17)21(24)28/h2-9H,10-13H2,1H3,(H,22,25)(H,23,26). The SMILES string of the molecule is CC(=O)NCCC(=O)Nc1ccc(CCN2C(=O)c3ccccc3C2=O)cc1. The third-order valence-corrected chi connectivity index (χ3v) is 4.47. The summed E-state index contributed by atoms with van der Waals surface area (Å²) in [6.07, 6.45) is 0.725. The summed E-state index contributed by atoms with van der Waals surface area (Å²) in [5.74, 6) is -0.880. The molecule has 2 aromatic rings. The molecular formula is C21H21N3O4. The summed E-state index contributed by atoms with van der Waals surface area (Å²) in [5, 5.41) is 5.33. The third kappa shape index (κ3) is 4.43. The van der Waals surface area contributed by atoms with Crippen LogP contribution in [0.4, 0.5) is 5.69 Å². The molecule has 0 saturated heterocycles. The van der Waals surface area contributed by atoms with Gasteiger partial charge in [-0.05, 0) is 36.2 Å². The van der Waals surface area contributed by atoms with Crippen molar-refractivity contribution in [2.24, 2.45) is 0 Å². The predicted molar refractivity (Wildman–Crippen MR) is 104 cm³/mol. The minimum atomic E-state index is -0.261. The molecule has 144 valence electrons. The van der Waals surface area contributed by atoms with Crippen LogP contribution in [0, 0.1) is 0 Å². The number of carbonyl (C=O) groups is 4. The number of benzene rings is 2. The number of fused-ring (bicyclic) bond motifs is 1. The number of anilines is 1. The van der Waals surface area contributed by atoms with E-state index in [4.69, 9.17) is 0 Å². The summed E-state index contributed by atoms with van der Waals surface area (Å²) in [6, 6.07) is 14.1. The average Bonchev–Trinajstić information content (AvgIpc) is 2.92. The minimum Gasteiger partial charge on any atom is -0.356 e. The van der Waals surface area contributed by atoms with Gasteiger partial charge in [0, 0.05) is 32.1 Å². The van der Waals surface area contributed by atoms with Crippen LogP contribution in [-0.2, 0) is 16.0 Å². The summed E-state index contributed by atoms with van der Waals surface area (Å²) in [5.41, 5.74) is 2.50. The molecule has 1 heterocycles. The van der Waals surface area contributed by atoms with E-state index >= 15 is 0 Å². The minimum absolute atomic E-state index is 0.171. The molecule has 0 fully saturated rings. The van der Waals surface area contributed by atoms with Crippen LogP contribution in [0.5, 0.6) is 0 Å². The fourth-order valence-corrected chi connectivity index (χ4v) is 3.01. The Labute approximate surface area is 162 Å². The van der Waals surface area contributed by atoms with Crippen LogP contribution in [0.2, 0.25) is 0 Å². The van der Waals surface area contributed by atoms with Crippen LogP contribution in [0.1, 0.15) is 39.6 Å². The second kappa shape index (κ2) is 8.47. The van der Waals surface area contributed by atoms with Crippen LogP contribution in [0.25, 0.3) is 0 Å². The first-order chi connectivity index (χ1) is 13.5. The van der Waals surface area contributed by atoms with Crippen molar-refractivity contribution >= 4 is 29.3 Å². The first-order valence-electron chi connectivity index (χ1n) is 9.04. The fraction of sp³-hybridized carbons (Fsp3) is 0.238. The van der Waals surface area contributed by atoms with Gasteiger partial charge in [-0.2, -0.15) is 0 Å². The van der Waals surface area contributed by atoms with Gasteiger partial charge in [-0.3, -0.25) is 24.1 Å². The summed E-state index contributed by atoms with van der Waals surface area (Å²) in [6.45, 7) is 1.99. The van der Waals surface area contributed by atoms with E-state index in [0.717, 1.165) is 5.56 Å². The summed E-state index contributed by atoms with van der Waals surface area (Å²) < 4.78 is 0. The molecule has 28 heavy (non-hydrogen) atoms. The Bertz CT molecular complexity index is 887. The number of amides is 4. The smallest absolute Gasteiger partial charge is 0.261 e. The highest BCUT2D eigenvalue weighted by Crippen LogP contribution is 2.22. The Balaban J connectivity index is 1.51. The summed E-state index contributed by atoms with van der Waals surface area (Å²) in [4.78, 5) is 48.6. The van der Waals surface area contributed by atoms with Crippen molar-refractivity contribution in [3.63, 3.8) is 0 Å². The van der Waals surface area contributed by atoms with Gasteiger partial charge < -0.3 is 10.6 Å². The van der Waals surface area contributed by atoms with Gasteiger partial charge in [0.1, 0.15) is 0 Å². The molecule has 2 N–H and O–H groups in total. The van der Waals surface area contributed by atoms with Crippen molar-refractivity contribution < 1.29 is 19.2 Å². The van der Waals surface area contributed by atoms with Gasteiger partial charge in [0.15, 0.2) is 0 Å². The first kappa shape index (κ1) is 19.3. The van der Waals surface area contributed by atoms with Crippen molar-refractivity contribution in [2.75, 3.05) is 18.4 Å². The van der Waals surface area contributed by atoms with Crippen molar-refractivity contribution in [3.8, 4) is 0 Å². The molecule has 0 saturated carbocycles. The van der Waals surface area contributed by atoms with Crippen LogP contribution in [0.3, 0.4) is 0 Å². The summed E-state index contributed by atoms with van der Waals surface area (Å²) >= 11 is 0. The number of imide groups is 1. The molecule has 0 spiro atoms. The lowest BCUT2D eigenvalue weighted by Gasteiger charge is -2.14. The zero-order valence-electron chi connectivity index (χ0n) is 15.5. The Morgan fingerprint density at radius 1 is 0.929 bits per heavy atom. The van der Waals surface area contributed by atoms with Crippen molar-refractivity contribution in [1.82, 2.24) is 10.2 Å². The quantitative estimate of drug-likeness (QED) is 0.719. The molecule has 0 bridgehead atoms. The first-order valence-corrected chi connectivity index (χ1v) is 9.04. The molecule has 0 atom stereocenters. The number of nitrogens with zero attached hydrogens (tertiary/aromatic N) is 1. The van der Waals surface area contributed by atoms with Crippen molar-refractivity contribution in [3.05, 3.63) is 65.2 Å². The van der Waals surface area contributed by atoms with Crippen LogP contribution in [-0.4, -0.2) is 41.6 Å². The maximum absolute atomic E-state index is 12.4. The van der Waals surface area contributed by atoms with E-state index in [9.17, 15) is 19.2 Å². The topological polar surface area (TPSA) is 95.6 Å². The largest absolute Gasteiger partial charge is 0.356 e. The van der Waals surface area contributed by atoms with Crippen LogP contribution < -0.4 is 10.6 Å². The van der Waals surface area contributed by atoms with E-state index in [1.807, 2.05) is 12.1 Å². The number of hydrogen-bond donors (Lipinski definition) is 2. The van der Waals surface area contributed by atoms with Gasteiger partial charge in [-0.15, -0.1) is 0 Å². The molecule has 4 amide bonds. The molecule has 0 radical (unpaired) electrons. The van der Waals surface area contributed by atoms with Gasteiger partial charge in [0.25, 0.3) is 11.8 Å². The average molecular weight is 379 g/mol. The van der Waals surface area contributed by atoms with Gasteiger partial charge in [-0.25, -0.2) is 0 Å². The van der Waals surface area contributed by atoms with E-state index in [1.165, 1.54) is 11.8 Å². The zero-order valence-corrected chi connectivity index (χ0v) is 15.5. The molecule has 7 heteroatoms. The molecule has 1 aliphatic heterocycles. The monoisotopic (exact) mass is 379 g/mol. The van der Waals surface area contributed by atoms with Gasteiger partial charge in [0.2, 0.25) is 11.8 Å². The zero-order chi connectivity index (χ0) is 20.1. The maximum Gasteiger partial charge on any atom is 0.261 e. The predicted octanol–water partition coefficient (Wildman–Crippen LogP) is 1.99. The second-order valence-corrected chi connectivity index (χ2v) is 6.54. The van der Waals surface area contributed by atoms with E-state index < -0.39 is 0 Å². The number of rotatable bonds is 7. The highest BCUT2D eigenvalue weighted by atomic mass is 16.2. The molecule has 1 aliphatic rings. The van der Waals surface area contributed by atoms with E-state index in [-0.39, 0.29) is 30.0 Å². The van der Waals surface area contributed by atoms with Gasteiger partial charge in [-0.1, -0.05) is 24.3 Å². The lowest BCUT2D eigenvalue weighted by atomic mass is 10.1. The lowest BCUT2D eigenvalue weighted by molar-refractivity contribution is -0.119. The molecule has 0 aliphatic carbocycles. The van der Waals surface area contributed by atoms with Crippen LogP contribution >= 0.6 is 0 Å². The number of hydrogen-bond acceptors (Lipinski definition) is 4. The molecule has 2 aromatic carbocycles. The van der Waals surface area contributed by atoms with Crippen LogP contribution in [0.15, 0.2) is 48.5 Å². The maximum atomic E-state index is 12.4. The highest BCUT2D eigenvalue weighted by Gasteiger charge is 2.34. The molecule has 3 rings (SSSR count). The number of carbonyl (C=O) groups excluding carboxylic acids is 4. The van der Waals surface area contributed by atoms with E-state index in [0.29, 0.717) is 36.3 Å². The van der Waals surface area contributed by atoms with Crippen molar-refractivity contribution in [1.29, 1.82) is 0 Å². The Hall–Kier alpha value is -3.48. The molecule has 0 unspecified atom stereocenters. The Morgan fingerprint density at radius 3 is 2.11 bits per heavy atom.